The van der Waals surface area contributed by atoms with E-state index in [2.05, 4.69) is 9.71 Å². The number of nitrogens with one attached hydrogen (secondary N) is 1. The molecule has 110 valence electrons. The van der Waals surface area contributed by atoms with E-state index >= 15 is 0 Å². The summed E-state index contributed by atoms with van der Waals surface area (Å²) in [4.78, 5) is 4.32. The van der Waals surface area contributed by atoms with Crippen LogP contribution < -0.4 is 4.72 Å². The summed E-state index contributed by atoms with van der Waals surface area (Å²) in [6.07, 6.45) is 0. The van der Waals surface area contributed by atoms with Gasteiger partial charge in [-0.1, -0.05) is 42.5 Å². The van der Waals surface area contributed by atoms with Gasteiger partial charge in [-0.15, -0.1) is 0 Å². The van der Waals surface area contributed by atoms with Crippen LogP contribution >= 0.6 is 0 Å². The maximum absolute atomic E-state index is 12.6. The molecule has 2 rings (SSSR count). The standard InChI is InChI=1S/C16H18N2O2S/c1-12-9-10-13(2)15(11-12)21(19,20)18-16(17-3)14-7-5-4-6-8-14/h4-11H,1-3H3,(H,17,18). The Balaban J connectivity index is 2.39. The van der Waals surface area contributed by atoms with E-state index in [9.17, 15) is 8.42 Å². The first-order chi connectivity index (χ1) is 9.94. The molecule has 5 heteroatoms. The average molecular weight is 302 g/mol. The van der Waals surface area contributed by atoms with Crippen molar-refractivity contribution in [1.29, 1.82) is 0 Å². The summed E-state index contributed by atoms with van der Waals surface area (Å²) in [5.41, 5.74) is 2.33. The fourth-order valence-corrected chi connectivity index (χ4v) is 3.42. The second-order valence-electron chi connectivity index (χ2n) is 4.81. The van der Waals surface area contributed by atoms with Gasteiger partial charge >= 0.3 is 0 Å². The molecule has 0 unspecified atom stereocenters. The van der Waals surface area contributed by atoms with Crippen molar-refractivity contribution in [3.8, 4) is 0 Å². The first kappa shape index (κ1) is 15.3. The normalized spacial score (nSPS) is 12.2. The lowest BCUT2D eigenvalue weighted by atomic mass is 10.2. The first-order valence-corrected chi connectivity index (χ1v) is 8.04. The smallest absolute Gasteiger partial charge is 0.263 e. The van der Waals surface area contributed by atoms with Crippen LogP contribution in [0.3, 0.4) is 0 Å². The van der Waals surface area contributed by atoms with Crippen LogP contribution in [0.2, 0.25) is 0 Å². The van der Waals surface area contributed by atoms with Crippen molar-refractivity contribution >= 4 is 15.9 Å². The molecule has 0 fully saturated rings. The molecule has 0 saturated carbocycles. The molecule has 0 aliphatic carbocycles. The van der Waals surface area contributed by atoms with Gasteiger partial charge in [0.05, 0.1) is 4.90 Å². The third kappa shape index (κ3) is 3.49. The molecule has 0 bridgehead atoms. The van der Waals surface area contributed by atoms with Crippen molar-refractivity contribution in [1.82, 2.24) is 4.72 Å². The predicted molar refractivity (Wildman–Crippen MR) is 85.1 cm³/mol. The Kier molecular flexibility index (Phi) is 4.43. The number of aliphatic imine (C=N–C) groups is 1. The summed E-state index contributed by atoms with van der Waals surface area (Å²) in [7, 11) is -2.09. The summed E-state index contributed by atoms with van der Waals surface area (Å²) in [5, 5.41) is 0. The quantitative estimate of drug-likeness (QED) is 0.700. The summed E-state index contributed by atoms with van der Waals surface area (Å²) < 4.78 is 27.7. The van der Waals surface area contributed by atoms with E-state index < -0.39 is 10.0 Å². The van der Waals surface area contributed by atoms with E-state index in [0.717, 1.165) is 11.1 Å². The molecule has 0 aliphatic rings. The molecule has 0 saturated heterocycles. The Hall–Kier alpha value is -2.14. The minimum atomic E-state index is -3.65. The SMILES string of the molecule is CN=C(NS(=O)(=O)c1cc(C)ccc1C)c1ccccc1. The van der Waals surface area contributed by atoms with Gasteiger partial charge in [0.25, 0.3) is 10.0 Å². The number of rotatable bonds is 3. The molecule has 1 N–H and O–H groups in total. The molecular weight excluding hydrogens is 284 g/mol. The molecule has 0 aromatic heterocycles. The topological polar surface area (TPSA) is 58.5 Å². The largest absolute Gasteiger partial charge is 0.271 e. The van der Waals surface area contributed by atoms with Gasteiger partial charge in [0, 0.05) is 12.6 Å². The van der Waals surface area contributed by atoms with Crippen LogP contribution in [0.4, 0.5) is 0 Å². The summed E-state index contributed by atoms with van der Waals surface area (Å²) in [5.74, 6) is 0.330. The van der Waals surface area contributed by atoms with E-state index in [0.29, 0.717) is 11.4 Å². The molecule has 0 aliphatic heterocycles. The fraction of sp³-hybridized carbons (Fsp3) is 0.188. The van der Waals surface area contributed by atoms with Crippen LogP contribution in [-0.2, 0) is 10.0 Å². The van der Waals surface area contributed by atoms with E-state index in [1.54, 1.807) is 26.1 Å². The van der Waals surface area contributed by atoms with E-state index in [1.165, 1.54) is 0 Å². The second-order valence-corrected chi connectivity index (χ2v) is 6.46. The van der Waals surface area contributed by atoms with Gasteiger partial charge in [-0.3, -0.25) is 9.71 Å². The van der Waals surface area contributed by atoms with Crippen molar-refractivity contribution in [3.05, 3.63) is 65.2 Å². The van der Waals surface area contributed by atoms with Gasteiger partial charge in [-0.05, 0) is 31.0 Å². The Bertz CT molecular complexity index is 766. The van der Waals surface area contributed by atoms with Gasteiger partial charge in [0.15, 0.2) is 0 Å². The van der Waals surface area contributed by atoms with E-state index in [-0.39, 0.29) is 4.90 Å². The summed E-state index contributed by atoms with van der Waals surface area (Å²) >= 11 is 0. The first-order valence-electron chi connectivity index (χ1n) is 6.56. The zero-order valence-electron chi connectivity index (χ0n) is 12.3. The number of hydrogen-bond donors (Lipinski definition) is 1. The summed E-state index contributed by atoms with van der Waals surface area (Å²) in [6.45, 7) is 3.64. The molecule has 0 radical (unpaired) electrons. The average Bonchev–Trinajstić information content (AvgIpc) is 2.48. The van der Waals surface area contributed by atoms with E-state index in [1.807, 2.05) is 43.3 Å². The Labute approximate surface area is 125 Å². The molecule has 2 aromatic carbocycles. The lowest BCUT2D eigenvalue weighted by Gasteiger charge is -2.13. The van der Waals surface area contributed by atoms with E-state index in [4.69, 9.17) is 0 Å². The van der Waals surface area contributed by atoms with Crippen LogP contribution in [0.15, 0.2) is 58.4 Å². The number of amidine groups is 1. The molecule has 0 spiro atoms. The maximum Gasteiger partial charge on any atom is 0.263 e. The number of aryl methyl sites for hydroxylation is 2. The second kappa shape index (κ2) is 6.10. The van der Waals surface area contributed by atoms with Crippen molar-refractivity contribution in [2.24, 2.45) is 4.99 Å². The van der Waals surface area contributed by atoms with Crippen molar-refractivity contribution < 1.29 is 8.42 Å². The van der Waals surface area contributed by atoms with Crippen LogP contribution in [0.1, 0.15) is 16.7 Å². The lowest BCUT2D eigenvalue weighted by molar-refractivity contribution is 0.592. The van der Waals surface area contributed by atoms with Crippen LogP contribution in [0.5, 0.6) is 0 Å². The van der Waals surface area contributed by atoms with Gasteiger partial charge in [0.1, 0.15) is 5.84 Å². The van der Waals surface area contributed by atoms with Crippen LogP contribution in [-0.4, -0.2) is 21.3 Å². The zero-order valence-corrected chi connectivity index (χ0v) is 13.1. The number of nitrogens with zero attached hydrogens (tertiary/aromatic N) is 1. The highest BCUT2D eigenvalue weighted by Gasteiger charge is 2.19. The van der Waals surface area contributed by atoms with Crippen LogP contribution in [0.25, 0.3) is 0 Å². The maximum atomic E-state index is 12.6. The molecular formula is C16H18N2O2S. The molecule has 2 aromatic rings. The number of sulfonamides is 1. The molecule has 4 nitrogen and oxygen atoms in total. The molecule has 0 atom stereocenters. The Morgan fingerprint density at radius 2 is 1.71 bits per heavy atom. The number of hydrogen-bond acceptors (Lipinski definition) is 3. The minimum absolute atomic E-state index is 0.277. The van der Waals surface area contributed by atoms with Gasteiger partial charge in [-0.2, -0.15) is 0 Å². The van der Waals surface area contributed by atoms with Gasteiger partial charge in [-0.25, -0.2) is 8.42 Å². The number of benzene rings is 2. The fourth-order valence-electron chi connectivity index (χ4n) is 2.01. The lowest BCUT2D eigenvalue weighted by Crippen LogP contribution is -2.31. The van der Waals surface area contributed by atoms with Crippen molar-refractivity contribution in [2.45, 2.75) is 18.7 Å². The molecule has 0 heterocycles. The predicted octanol–water partition coefficient (Wildman–Crippen LogP) is 2.66. The Morgan fingerprint density at radius 1 is 1.05 bits per heavy atom. The van der Waals surface area contributed by atoms with Crippen molar-refractivity contribution in [2.75, 3.05) is 7.05 Å². The molecule has 0 amide bonds. The highest BCUT2D eigenvalue weighted by atomic mass is 32.2. The highest BCUT2D eigenvalue weighted by Crippen LogP contribution is 2.17. The zero-order chi connectivity index (χ0) is 15.5. The third-order valence-electron chi connectivity index (χ3n) is 3.14. The Morgan fingerprint density at radius 3 is 2.33 bits per heavy atom. The van der Waals surface area contributed by atoms with Crippen LogP contribution in [0, 0.1) is 13.8 Å². The highest BCUT2D eigenvalue weighted by molar-refractivity contribution is 7.90. The van der Waals surface area contributed by atoms with Gasteiger partial charge < -0.3 is 0 Å². The van der Waals surface area contributed by atoms with Crippen molar-refractivity contribution in [3.63, 3.8) is 0 Å². The summed E-state index contributed by atoms with van der Waals surface area (Å²) in [6, 6.07) is 14.5. The molecule has 21 heavy (non-hydrogen) atoms. The van der Waals surface area contributed by atoms with Gasteiger partial charge in [0.2, 0.25) is 0 Å². The third-order valence-corrected chi connectivity index (χ3v) is 4.62. The minimum Gasteiger partial charge on any atom is -0.271 e. The monoisotopic (exact) mass is 302 g/mol.